The summed E-state index contributed by atoms with van der Waals surface area (Å²) in [5, 5.41) is 3.26. The van der Waals surface area contributed by atoms with Gasteiger partial charge in [-0.1, -0.05) is 20.8 Å². The maximum absolute atomic E-state index is 14.7. The van der Waals surface area contributed by atoms with Crippen molar-refractivity contribution < 1.29 is 18.7 Å². The van der Waals surface area contributed by atoms with Gasteiger partial charge in [0.05, 0.1) is 42.0 Å². The average Bonchev–Trinajstić information content (AvgIpc) is 2.80. The molecule has 10 heteroatoms. The number of pyridine rings is 1. The predicted molar refractivity (Wildman–Crippen MR) is 123 cm³/mol. The average molecular weight is 462 g/mol. The predicted octanol–water partition coefficient (Wildman–Crippen LogP) is 4.23. The van der Waals surface area contributed by atoms with E-state index in [2.05, 4.69) is 30.2 Å². The number of halogens is 1. The van der Waals surface area contributed by atoms with Gasteiger partial charge in [-0.2, -0.15) is 0 Å². The van der Waals surface area contributed by atoms with Crippen molar-refractivity contribution in [2.24, 2.45) is 0 Å². The number of ether oxygens (including phenoxy) is 2. The van der Waals surface area contributed by atoms with Gasteiger partial charge in [-0.15, -0.1) is 0 Å². The summed E-state index contributed by atoms with van der Waals surface area (Å²) in [5.41, 5.74) is 1.20. The van der Waals surface area contributed by atoms with Crippen LogP contribution in [0.3, 0.4) is 0 Å². The van der Waals surface area contributed by atoms with Gasteiger partial charge in [0.25, 0.3) is 0 Å². The molecular weight excluding hydrogens is 439 g/mol. The molecule has 0 saturated carbocycles. The first-order valence-electron chi connectivity index (χ1n) is 10.5. The fourth-order valence-corrected chi connectivity index (χ4v) is 3.14. The molecule has 3 aromatic heterocycles. The Morgan fingerprint density at radius 1 is 1.00 bits per heavy atom. The molecule has 0 unspecified atom stereocenters. The number of carbonyl (C=O) groups excluding carboxylic acids is 1. The first kappa shape index (κ1) is 23.0. The Hall–Kier alpha value is -4.21. The van der Waals surface area contributed by atoms with Gasteiger partial charge in [0.1, 0.15) is 30.0 Å². The zero-order valence-electron chi connectivity index (χ0n) is 19.2. The molecule has 4 aromatic rings. The summed E-state index contributed by atoms with van der Waals surface area (Å²) < 4.78 is 25.7. The minimum atomic E-state index is -0.679. The summed E-state index contributed by atoms with van der Waals surface area (Å²) >= 11 is 0. The number of rotatable bonds is 6. The third-order valence-electron chi connectivity index (χ3n) is 4.94. The number of anilines is 1. The number of carbonyl (C=O) groups is 1. The van der Waals surface area contributed by atoms with Gasteiger partial charge in [-0.25, -0.2) is 24.3 Å². The lowest BCUT2D eigenvalue weighted by Crippen LogP contribution is -2.19. The van der Waals surface area contributed by atoms with E-state index >= 15 is 0 Å². The van der Waals surface area contributed by atoms with E-state index in [9.17, 15) is 9.18 Å². The molecule has 0 fully saturated rings. The topological polar surface area (TPSA) is 112 Å². The maximum Gasteiger partial charge on any atom is 0.231 e. The van der Waals surface area contributed by atoms with E-state index < -0.39 is 11.7 Å². The molecule has 0 atom stereocenters. The highest BCUT2D eigenvalue weighted by Crippen LogP contribution is 2.29. The van der Waals surface area contributed by atoms with Crippen molar-refractivity contribution in [1.29, 1.82) is 0 Å². The lowest BCUT2D eigenvalue weighted by Gasteiger charge is -2.17. The Bertz CT molecular complexity index is 1360. The minimum absolute atomic E-state index is 0.0239. The van der Waals surface area contributed by atoms with E-state index in [0.717, 1.165) is 11.8 Å². The SMILES string of the molecule is COc1ccc2ncnc(Oc3cnc(CC(=O)Nc4cc(C(C)(C)C)ncn4)c(F)c3)c2c1. The van der Waals surface area contributed by atoms with Gasteiger partial charge in [0.15, 0.2) is 5.75 Å². The van der Waals surface area contributed by atoms with Crippen molar-refractivity contribution >= 4 is 22.6 Å². The fraction of sp³-hybridized carbons (Fsp3) is 0.250. The van der Waals surface area contributed by atoms with Crippen molar-refractivity contribution in [2.75, 3.05) is 12.4 Å². The van der Waals surface area contributed by atoms with Crippen LogP contribution in [0.2, 0.25) is 0 Å². The van der Waals surface area contributed by atoms with Crippen molar-refractivity contribution in [2.45, 2.75) is 32.6 Å². The molecule has 174 valence electrons. The quantitative estimate of drug-likeness (QED) is 0.453. The molecule has 1 N–H and O–H groups in total. The van der Waals surface area contributed by atoms with Crippen molar-refractivity contribution in [1.82, 2.24) is 24.9 Å². The summed E-state index contributed by atoms with van der Waals surface area (Å²) in [6.45, 7) is 6.01. The largest absolute Gasteiger partial charge is 0.497 e. The van der Waals surface area contributed by atoms with Crippen molar-refractivity contribution in [3.63, 3.8) is 0 Å². The van der Waals surface area contributed by atoms with E-state index in [1.165, 1.54) is 18.9 Å². The van der Waals surface area contributed by atoms with Crippen LogP contribution in [0, 0.1) is 5.82 Å². The third-order valence-corrected chi connectivity index (χ3v) is 4.94. The number of methoxy groups -OCH3 is 1. The molecule has 4 rings (SSSR count). The number of amides is 1. The number of hydrogen-bond acceptors (Lipinski definition) is 8. The van der Waals surface area contributed by atoms with E-state index in [4.69, 9.17) is 9.47 Å². The highest BCUT2D eigenvalue weighted by molar-refractivity contribution is 5.91. The number of fused-ring (bicyclic) bond motifs is 1. The zero-order chi connectivity index (χ0) is 24.3. The van der Waals surface area contributed by atoms with E-state index in [1.807, 2.05) is 20.8 Å². The molecule has 0 aliphatic heterocycles. The molecule has 34 heavy (non-hydrogen) atoms. The Balaban J connectivity index is 1.48. The monoisotopic (exact) mass is 462 g/mol. The third kappa shape index (κ3) is 5.22. The van der Waals surface area contributed by atoms with Gasteiger partial charge in [0.2, 0.25) is 11.8 Å². The van der Waals surface area contributed by atoms with Gasteiger partial charge in [-0.3, -0.25) is 9.78 Å². The first-order chi connectivity index (χ1) is 16.2. The molecule has 0 aliphatic carbocycles. The molecule has 9 nitrogen and oxygen atoms in total. The minimum Gasteiger partial charge on any atom is -0.497 e. The van der Waals surface area contributed by atoms with Crippen LogP contribution < -0.4 is 14.8 Å². The Labute approximate surface area is 195 Å². The number of hydrogen-bond donors (Lipinski definition) is 1. The maximum atomic E-state index is 14.7. The number of nitrogens with zero attached hydrogens (tertiary/aromatic N) is 5. The van der Waals surface area contributed by atoms with Gasteiger partial charge in [-0.05, 0) is 18.2 Å². The van der Waals surface area contributed by atoms with Crippen LogP contribution in [0.15, 0.2) is 49.2 Å². The number of aromatic nitrogens is 5. The Morgan fingerprint density at radius 3 is 2.53 bits per heavy atom. The number of nitrogens with one attached hydrogen (secondary N) is 1. The second-order valence-corrected chi connectivity index (χ2v) is 8.53. The summed E-state index contributed by atoms with van der Waals surface area (Å²) in [7, 11) is 1.55. The zero-order valence-corrected chi connectivity index (χ0v) is 19.2. The summed E-state index contributed by atoms with van der Waals surface area (Å²) in [6.07, 6.45) is 3.80. The molecule has 0 bridgehead atoms. The molecular formula is C24H23FN6O3. The normalized spacial score (nSPS) is 11.3. The molecule has 0 radical (unpaired) electrons. The van der Waals surface area contributed by atoms with Gasteiger partial charge in [0, 0.05) is 17.5 Å². The van der Waals surface area contributed by atoms with Crippen LogP contribution in [0.1, 0.15) is 32.2 Å². The second kappa shape index (κ2) is 9.34. The van der Waals surface area contributed by atoms with Crippen molar-refractivity contribution in [3.8, 4) is 17.4 Å². The number of benzene rings is 1. The summed E-state index contributed by atoms with van der Waals surface area (Å²) in [6, 6.07) is 8.12. The van der Waals surface area contributed by atoms with E-state index in [1.54, 1.807) is 31.4 Å². The highest BCUT2D eigenvalue weighted by Gasteiger charge is 2.18. The standard InChI is InChI=1S/C24H23FN6O3/c1-24(2,3)20-10-21(29-13-28-20)31-22(32)9-19-17(25)8-15(11-26-19)34-23-16-7-14(33-4)5-6-18(16)27-12-30-23/h5-8,10-13H,9H2,1-4H3,(H,28,29,31,32). The van der Waals surface area contributed by atoms with Crippen LogP contribution in [0.5, 0.6) is 17.4 Å². The van der Waals surface area contributed by atoms with Crippen LogP contribution in [0.4, 0.5) is 10.2 Å². The molecule has 3 heterocycles. The van der Waals surface area contributed by atoms with Gasteiger partial charge < -0.3 is 14.8 Å². The van der Waals surface area contributed by atoms with E-state index in [0.29, 0.717) is 22.5 Å². The summed E-state index contributed by atoms with van der Waals surface area (Å²) in [4.78, 5) is 33.1. The van der Waals surface area contributed by atoms with Gasteiger partial charge >= 0.3 is 0 Å². The second-order valence-electron chi connectivity index (χ2n) is 8.53. The smallest absolute Gasteiger partial charge is 0.231 e. The van der Waals surface area contributed by atoms with Crippen LogP contribution >= 0.6 is 0 Å². The Morgan fingerprint density at radius 2 is 1.79 bits per heavy atom. The lowest BCUT2D eigenvalue weighted by atomic mass is 9.92. The van der Waals surface area contributed by atoms with Crippen molar-refractivity contribution in [3.05, 3.63) is 66.4 Å². The van der Waals surface area contributed by atoms with E-state index in [-0.39, 0.29) is 29.2 Å². The highest BCUT2D eigenvalue weighted by atomic mass is 19.1. The molecule has 0 saturated heterocycles. The Kier molecular flexibility index (Phi) is 6.31. The molecule has 1 amide bonds. The molecule has 1 aromatic carbocycles. The fourth-order valence-electron chi connectivity index (χ4n) is 3.14. The lowest BCUT2D eigenvalue weighted by molar-refractivity contribution is -0.115. The van der Waals surface area contributed by atoms with Crippen LogP contribution in [-0.2, 0) is 16.6 Å². The van der Waals surface area contributed by atoms with Crippen LogP contribution in [0.25, 0.3) is 10.9 Å². The van der Waals surface area contributed by atoms with Crippen LogP contribution in [-0.4, -0.2) is 37.9 Å². The molecule has 0 spiro atoms. The molecule has 0 aliphatic rings. The summed E-state index contributed by atoms with van der Waals surface area (Å²) in [5.74, 6) is 0.186. The first-order valence-corrected chi connectivity index (χ1v) is 10.5.